The van der Waals surface area contributed by atoms with E-state index >= 15 is 0 Å². The molecular formula is C29H32N4O3. The van der Waals surface area contributed by atoms with Crippen LogP contribution in [0.5, 0.6) is 5.88 Å². The van der Waals surface area contributed by atoms with E-state index < -0.39 is 0 Å². The molecule has 2 aromatic carbocycles. The molecule has 0 bridgehead atoms. The van der Waals surface area contributed by atoms with Crippen LogP contribution in [-0.4, -0.2) is 48.0 Å². The van der Waals surface area contributed by atoms with Crippen LogP contribution in [0.4, 0.5) is 11.4 Å². The number of benzene rings is 2. The summed E-state index contributed by atoms with van der Waals surface area (Å²) in [7, 11) is 3.39. The summed E-state index contributed by atoms with van der Waals surface area (Å²) in [6.45, 7) is 4.64. The fraction of sp³-hybridized carbons (Fsp3) is 0.276. The Labute approximate surface area is 211 Å². The number of hydrogen-bond acceptors (Lipinski definition) is 6. The molecule has 4 N–H and O–H groups in total. The Morgan fingerprint density at radius 1 is 1.11 bits per heavy atom. The van der Waals surface area contributed by atoms with Gasteiger partial charge in [0, 0.05) is 42.6 Å². The van der Waals surface area contributed by atoms with Crippen LogP contribution in [0.1, 0.15) is 30.9 Å². The molecule has 2 heterocycles. The molecule has 0 saturated carbocycles. The second kappa shape index (κ2) is 9.95. The van der Waals surface area contributed by atoms with E-state index in [-0.39, 0.29) is 5.88 Å². The lowest BCUT2D eigenvalue weighted by atomic mass is 9.94. The molecule has 7 heteroatoms. The number of nitrogens with one attached hydrogen (secondary N) is 1. The summed E-state index contributed by atoms with van der Waals surface area (Å²) in [6.07, 6.45) is 6.19. The van der Waals surface area contributed by atoms with Crippen LogP contribution in [0.3, 0.4) is 0 Å². The summed E-state index contributed by atoms with van der Waals surface area (Å²) in [5.41, 5.74) is 13.6. The van der Waals surface area contributed by atoms with Gasteiger partial charge in [0.25, 0.3) is 0 Å². The molecule has 0 spiro atoms. The number of fused-ring (bicyclic) bond motifs is 2. The third kappa shape index (κ3) is 4.75. The van der Waals surface area contributed by atoms with Crippen molar-refractivity contribution in [2.24, 2.45) is 4.99 Å². The minimum absolute atomic E-state index is 0.102. The van der Waals surface area contributed by atoms with Gasteiger partial charge in [-0.25, -0.2) is 0 Å². The van der Waals surface area contributed by atoms with Crippen molar-refractivity contribution in [3.8, 4) is 5.88 Å². The molecule has 7 nitrogen and oxygen atoms in total. The van der Waals surface area contributed by atoms with Crippen molar-refractivity contribution in [3.63, 3.8) is 0 Å². The molecule has 3 aromatic rings. The van der Waals surface area contributed by atoms with Gasteiger partial charge in [0.05, 0.1) is 31.2 Å². The van der Waals surface area contributed by atoms with E-state index in [4.69, 9.17) is 20.2 Å². The predicted octanol–water partition coefficient (Wildman–Crippen LogP) is 5.56. The highest BCUT2D eigenvalue weighted by Gasteiger charge is 2.22. The van der Waals surface area contributed by atoms with Gasteiger partial charge in [-0.1, -0.05) is 18.2 Å². The van der Waals surface area contributed by atoms with Gasteiger partial charge in [-0.2, -0.15) is 0 Å². The van der Waals surface area contributed by atoms with E-state index in [9.17, 15) is 5.11 Å². The van der Waals surface area contributed by atoms with Gasteiger partial charge in [0.1, 0.15) is 5.76 Å². The number of nitrogen functional groups attached to an aromatic ring is 1. The van der Waals surface area contributed by atoms with E-state index in [0.29, 0.717) is 11.3 Å². The first-order valence-corrected chi connectivity index (χ1v) is 12.1. The highest BCUT2D eigenvalue weighted by Crippen LogP contribution is 2.33. The van der Waals surface area contributed by atoms with Gasteiger partial charge in [-0.15, -0.1) is 0 Å². The molecule has 1 aromatic heterocycles. The molecule has 0 amide bonds. The first-order chi connectivity index (χ1) is 17.4. The highest BCUT2D eigenvalue weighted by atomic mass is 16.5. The number of aliphatic imine (C=N–C) groups is 1. The van der Waals surface area contributed by atoms with Crippen molar-refractivity contribution >= 4 is 28.0 Å². The zero-order valence-corrected chi connectivity index (χ0v) is 21.0. The number of nitrogens with two attached hydrogens (primary N) is 1. The quantitative estimate of drug-likeness (QED) is 0.314. The van der Waals surface area contributed by atoms with E-state index in [1.165, 1.54) is 16.7 Å². The summed E-state index contributed by atoms with van der Waals surface area (Å²) in [6, 6.07) is 13.8. The molecule has 1 aliphatic heterocycles. The first-order valence-electron chi connectivity index (χ1n) is 12.1. The van der Waals surface area contributed by atoms with E-state index in [0.717, 1.165) is 66.3 Å². The normalized spacial score (nSPS) is 16.9. The number of rotatable bonds is 6. The highest BCUT2D eigenvalue weighted by molar-refractivity contribution is 6.13. The first kappa shape index (κ1) is 23.8. The maximum absolute atomic E-state index is 10.4. The van der Waals surface area contributed by atoms with Crippen molar-refractivity contribution in [1.29, 1.82) is 0 Å². The number of methoxy groups -OCH3 is 2. The van der Waals surface area contributed by atoms with Crippen LogP contribution in [0.15, 0.2) is 82.3 Å². The summed E-state index contributed by atoms with van der Waals surface area (Å²) in [4.78, 5) is 10.2. The lowest BCUT2D eigenvalue weighted by molar-refractivity contribution is 0.223. The zero-order chi connectivity index (χ0) is 25.2. The maximum Gasteiger partial charge on any atom is 0.198 e. The Hall–Kier alpha value is -3.97. The average Bonchev–Trinajstić information content (AvgIpc) is 3.08. The minimum Gasteiger partial charge on any atom is -0.497 e. The van der Waals surface area contributed by atoms with Crippen molar-refractivity contribution in [2.75, 3.05) is 33.0 Å². The maximum atomic E-state index is 10.4. The summed E-state index contributed by atoms with van der Waals surface area (Å²) in [5.74, 6) is 1.82. The Morgan fingerprint density at radius 3 is 2.67 bits per heavy atom. The Morgan fingerprint density at radius 2 is 1.92 bits per heavy atom. The topological polar surface area (TPSA) is 96.1 Å². The number of allylic oxidation sites excluding steroid dienone is 2. The van der Waals surface area contributed by atoms with Crippen LogP contribution in [0.25, 0.3) is 10.9 Å². The monoisotopic (exact) mass is 484 g/mol. The zero-order valence-electron chi connectivity index (χ0n) is 21.0. The number of aromatic amines is 1. The summed E-state index contributed by atoms with van der Waals surface area (Å²) < 4.78 is 11.0. The second-order valence-electron chi connectivity index (χ2n) is 9.27. The number of H-pyrrole nitrogens is 1. The summed E-state index contributed by atoms with van der Waals surface area (Å²) >= 11 is 0. The molecule has 36 heavy (non-hydrogen) atoms. The van der Waals surface area contributed by atoms with Gasteiger partial charge in [-0.3, -0.25) is 9.89 Å². The van der Waals surface area contributed by atoms with Gasteiger partial charge in [0.15, 0.2) is 11.6 Å². The lowest BCUT2D eigenvalue weighted by Crippen LogP contribution is -2.23. The molecular weight excluding hydrogens is 452 g/mol. The van der Waals surface area contributed by atoms with Crippen LogP contribution < -0.4 is 5.73 Å². The molecule has 5 rings (SSSR count). The van der Waals surface area contributed by atoms with Crippen LogP contribution in [-0.2, 0) is 16.0 Å². The Bertz CT molecular complexity index is 1410. The van der Waals surface area contributed by atoms with Gasteiger partial charge in [0.2, 0.25) is 0 Å². The van der Waals surface area contributed by atoms with Crippen LogP contribution in [0, 0.1) is 0 Å². The van der Waals surface area contributed by atoms with Gasteiger partial charge in [-0.05, 0) is 66.5 Å². The van der Waals surface area contributed by atoms with Crippen molar-refractivity contribution < 1.29 is 14.6 Å². The van der Waals surface area contributed by atoms with Crippen molar-refractivity contribution in [1.82, 2.24) is 9.88 Å². The fourth-order valence-electron chi connectivity index (χ4n) is 4.98. The SMILES string of the molecule is COC1=C(OC)CC2=CCN(Cc3ccc(N=C(C)c4c(O)[nH]c5ccc(N)cc45)cc3)CCC2=C1. The van der Waals surface area contributed by atoms with E-state index in [1.807, 2.05) is 37.3 Å². The Balaban J connectivity index is 1.28. The standard InChI is InChI=1S/C29H32N4O3/c1-18(28-24-16-22(30)6-9-25(24)32-29(28)34)31-23-7-4-19(5-8-23)17-33-12-10-20-14-26(35-2)27(36-3)15-21(20)11-13-33/h4-10,15-16,32,34H,11-14,17,30H2,1-3H3. The summed E-state index contributed by atoms with van der Waals surface area (Å²) in [5, 5.41) is 11.3. The van der Waals surface area contributed by atoms with E-state index in [1.54, 1.807) is 14.2 Å². The minimum atomic E-state index is 0.102. The largest absolute Gasteiger partial charge is 0.497 e. The third-order valence-electron chi connectivity index (χ3n) is 6.91. The van der Waals surface area contributed by atoms with Gasteiger partial charge >= 0.3 is 0 Å². The average molecular weight is 485 g/mol. The molecule has 0 fully saturated rings. The number of aromatic nitrogens is 1. The van der Waals surface area contributed by atoms with Gasteiger partial charge < -0.3 is 25.3 Å². The smallest absolute Gasteiger partial charge is 0.198 e. The number of nitrogens with zero attached hydrogens (tertiary/aromatic N) is 2. The molecule has 0 radical (unpaired) electrons. The molecule has 2 aliphatic rings. The van der Waals surface area contributed by atoms with E-state index in [2.05, 4.69) is 34.2 Å². The van der Waals surface area contributed by atoms with Crippen LogP contribution in [0.2, 0.25) is 0 Å². The molecule has 186 valence electrons. The number of hydrogen-bond donors (Lipinski definition) is 3. The predicted molar refractivity (Wildman–Crippen MR) is 144 cm³/mol. The second-order valence-corrected chi connectivity index (χ2v) is 9.27. The fourth-order valence-corrected chi connectivity index (χ4v) is 4.98. The number of anilines is 1. The third-order valence-corrected chi connectivity index (χ3v) is 6.91. The molecule has 1 aliphatic carbocycles. The van der Waals surface area contributed by atoms with Crippen molar-refractivity contribution in [2.45, 2.75) is 26.3 Å². The number of aromatic hydroxyl groups is 1. The van der Waals surface area contributed by atoms with Crippen molar-refractivity contribution in [3.05, 3.63) is 88.4 Å². The molecule has 0 saturated heterocycles. The Kier molecular flexibility index (Phi) is 6.57. The van der Waals surface area contributed by atoms with Crippen LogP contribution >= 0.6 is 0 Å². The number of ether oxygens (including phenoxy) is 2. The molecule has 0 unspecified atom stereocenters. The molecule has 0 atom stereocenters. The lowest BCUT2D eigenvalue weighted by Gasteiger charge is -2.21.